The van der Waals surface area contributed by atoms with Crippen LogP contribution in [-0.4, -0.2) is 31.6 Å². The number of methoxy groups -OCH3 is 1. The van der Waals surface area contributed by atoms with Crippen LogP contribution in [0.5, 0.6) is 0 Å². The summed E-state index contributed by atoms with van der Waals surface area (Å²) in [6.45, 7) is 0.249. The molecule has 1 rings (SSSR count). The first-order chi connectivity index (χ1) is 8.45. The van der Waals surface area contributed by atoms with Gasteiger partial charge in [0.25, 0.3) is 5.69 Å². The molecule has 0 spiro atoms. The third-order valence-electron chi connectivity index (χ3n) is 2.42. The van der Waals surface area contributed by atoms with Crippen LogP contribution in [0, 0.1) is 15.9 Å². The molecule has 1 aromatic carbocycles. The molecule has 0 saturated heterocycles. The Labute approximate surface area is 103 Å². The van der Waals surface area contributed by atoms with E-state index in [1.54, 1.807) is 7.05 Å². The molecule has 6 nitrogen and oxygen atoms in total. The number of ether oxygens (including phenoxy) is 1. The van der Waals surface area contributed by atoms with Crippen molar-refractivity contribution in [2.45, 2.75) is 6.42 Å². The van der Waals surface area contributed by atoms with Crippen LogP contribution in [0.25, 0.3) is 0 Å². The average Bonchev–Trinajstić information content (AvgIpc) is 2.35. The zero-order valence-corrected chi connectivity index (χ0v) is 10.1. The molecule has 0 aromatic heterocycles. The summed E-state index contributed by atoms with van der Waals surface area (Å²) in [5.74, 6) is -1.08. The second-order valence-electron chi connectivity index (χ2n) is 3.64. The van der Waals surface area contributed by atoms with Gasteiger partial charge in [-0.3, -0.25) is 14.9 Å². The second kappa shape index (κ2) is 5.95. The number of rotatable bonds is 5. The molecule has 0 unspecified atom stereocenters. The van der Waals surface area contributed by atoms with E-state index < -0.39 is 16.7 Å². The van der Waals surface area contributed by atoms with Crippen LogP contribution in [0.2, 0.25) is 0 Å². The lowest BCUT2D eigenvalue weighted by Gasteiger charge is -2.18. The number of nitro groups is 1. The lowest BCUT2D eigenvalue weighted by molar-refractivity contribution is -0.384. The second-order valence-corrected chi connectivity index (χ2v) is 3.64. The number of nitrogens with zero attached hydrogens (tertiary/aromatic N) is 2. The van der Waals surface area contributed by atoms with E-state index in [1.165, 1.54) is 18.1 Å². The van der Waals surface area contributed by atoms with Crippen molar-refractivity contribution >= 4 is 17.3 Å². The molecule has 98 valence electrons. The van der Waals surface area contributed by atoms with Gasteiger partial charge < -0.3 is 9.64 Å². The summed E-state index contributed by atoms with van der Waals surface area (Å²) >= 11 is 0. The highest BCUT2D eigenvalue weighted by molar-refractivity contribution is 5.70. The maximum Gasteiger partial charge on any atom is 0.307 e. The molecule has 0 fully saturated rings. The van der Waals surface area contributed by atoms with Gasteiger partial charge in [-0.15, -0.1) is 0 Å². The first-order valence-electron chi connectivity index (χ1n) is 5.17. The van der Waals surface area contributed by atoms with Crippen molar-refractivity contribution in [1.82, 2.24) is 0 Å². The molecule has 0 saturated carbocycles. The fraction of sp³-hybridized carbons (Fsp3) is 0.364. The molecule has 0 amide bonds. The number of hydrogen-bond acceptors (Lipinski definition) is 5. The Bertz CT molecular complexity index is 464. The van der Waals surface area contributed by atoms with Crippen molar-refractivity contribution in [3.8, 4) is 0 Å². The topological polar surface area (TPSA) is 72.7 Å². The van der Waals surface area contributed by atoms with E-state index in [0.717, 1.165) is 12.1 Å². The standard InChI is InChI=1S/C11H13FN2O4/c1-13(6-5-11(15)18-2)9-4-3-8(12)7-10(9)14(16)17/h3-4,7H,5-6H2,1-2H3. The van der Waals surface area contributed by atoms with Gasteiger partial charge in [0.15, 0.2) is 0 Å². The Morgan fingerprint density at radius 1 is 1.56 bits per heavy atom. The van der Waals surface area contributed by atoms with Gasteiger partial charge in [-0.2, -0.15) is 0 Å². The van der Waals surface area contributed by atoms with Crippen molar-refractivity contribution in [1.29, 1.82) is 0 Å². The Morgan fingerprint density at radius 2 is 2.22 bits per heavy atom. The molecular formula is C11H13FN2O4. The minimum Gasteiger partial charge on any atom is -0.469 e. The van der Waals surface area contributed by atoms with E-state index in [2.05, 4.69) is 4.74 Å². The van der Waals surface area contributed by atoms with E-state index in [9.17, 15) is 19.3 Å². The molecule has 0 N–H and O–H groups in total. The van der Waals surface area contributed by atoms with Crippen molar-refractivity contribution in [3.63, 3.8) is 0 Å². The van der Waals surface area contributed by atoms with Gasteiger partial charge in [0, 0.05) is 13.6 Å². The predicted molar refractivity (Wildman–Crippen MR) is 63.0 cm³/mol. The summed E-state index contributed by atoms with van der Waals surface area (Å²) in [7, 11) is 2.85. The van der Waals surface area contributed by atoms with Gasteiger partial charge >= 0.3 is 5.97 Å². The number of carbonyl (C=O) groups is 1. The normalized spacial score (nSPS) is 9.94. The lowest BCUT2D eigenvalue weighted by atomic mass is 10.2. The van der Waals surface area contributed by atoms with E-state index in [-0.39, 0.29) is 24.3 Å². The molecule has 0 bridgehead atoms. The quantitative estimate of drug-likeness (QED) is 0.455. The molecule has 0 heterocycles. The zero-order valence-electron chi connectivity index (χ0n) is 10.1. The molecule has 1 aromatic rings. The van der Waals surface area contributed by atoms with Gasteiger partial charge in [0.1, 0.15) is 11.5 Å². The SMILES string of the molecule is COC(=O)CCN(C)c1ccc(F)cc1[N+](=O)[O-]. The van der Waals surface area contributed by atoms with Crippen LogP contribution < -0.4 is 4.90 Å². The maximum absolute atomic E-state index is 12.9. The monoisotopic (exact) mass is 256 g/mol. The fourth-order valence-electron chi connectivity index (χ4n) is 1.45. The lowest BCUT2D eigenvalue weighted by Crippen LogP contribution is -2.22. The van der Waals surface area contributed by atoms with Crippen LogP contribution >= 0.6 is 0 Å². The first kappa shape index (κ1) is 13.9. The third kappa shape index (κ3) is 3.41. The van der Waals surface area contributed by atoms with Crippen LogP contribution in [0.4, 0.5) is 15.8 Å². The highest BCUT2D eigenvalue weighted by Crippen LogP contribution is 2.27. The van der Waals surface area contributed by atoms with Crippen LogP contribution in [0.1, 0.15) is 6.42 Å². The van der Waals surface area contributed by atoms with Gasteiger partial charge in [0.2, 0.25) is 0 Å². The van der Waals surface area contributed by atoms with Crippen molar-refractivity contribution < 1.29 is 18.8 Å². The molecule has 0 aliphatic heterocycles. The van der Waals surface area contributed by atoms with Crippen molar-refractivity contribution in [3.05, 3.63) is 34.1 Å². The molecule has 0 radical (unpaired) electrons. The van der Waals surface area contributed by atoms with Crippen LogP contribution in [0.3, 0.4) is 0 Å². The molecule has 0 atom stereocenters. The van der Waals surface area contributed by atoms with E-state index in [4.69, 9.17) is 0 Å². The Morgan fingerprint density at radius 3 is 2.78 bits per heavy atom. The van der Waals surface area contributed by atoms with Gasteiger partial charge in [-0.05, 0) is 12.1 Å². The smallest absolute Gasteiger partial charge is 0.307 e. The Hall–Kier alpha value is -2.18. The van der Waals surface area contributed by atoms with Gasteiger partial charge in [0.05, 0.1) is 24.5 Å². The summed E-state index contributed by atoms with van der Waals surface area (Å²) in [6, 6.07) is 3.30. The van der Waals surface area contributed by atoms with Crippen LogP contribution in [0.15, 0.2) is 18.2 Å². The number of hydrogen-bond donors (Lipinski definition) is 0. The molecule has 7 heteroatoms. The van der Waals surface area contributed by atoms with E-state index in [0.29, 0.717) is 0 Å². The zero-order chi connectivity index (χ0) is 13.7. The van der Waals surface area contributed by atoms with E-state index >= 15 is 0 Å². The Kier molecular flexibility index (Phi) is 4.59. The fourth-order valence-corrected chi connectivity index (χ4v) is 1.45. The maximum atomic E-state index is 12.9. The summed E-state index contributed by atoms with van der Waals surface area (Å²) < 4.78 is 17.4. The van der Waals surface area contributed by atoms with Gasteiger partial charge in [-0.25, -0.2) is 4.39 Å². The average molecular weight is 256 g/mol. The molecule has 18 heavy (non-hydrogen) atoms. The first-order valence-corrected chi connectivity index (χ1v) is 5.17. The highest BCUT2D eigenvalue weighted by Gasteiger charge is 2.18. The molecule has 0 aliphatic rings. The molecule has 0 aliphatic carbocycles. The largest absolute Gasteiger partial charge is 0.469 e. The summed E-state index contributed by atoms with van der Waals surface area (Å²) in [5, 5.41) is 10.8. The predicted octanol–water partition coefficient (Wildman–Crippen LogP) is 1.73. The summed E-state index contributed by atoms with van der Waals surface area (Å²) in [4.78, 5) is 22.6. The third-order valence-corrected chi connectivity index (χ3v) is 2.42. The number of nitro benzene ring substituents is 1. The highest BCUT2D eigenvalue weighted by atomic mass is 19.1. The summed E-state index contributed by atoms with van der Waals surface area (Å²) in [6.07, 6.45) is 0.0987. The Balaban J connectivity index is 2.88. The van der Waals surface area contributed by atoms with Crippen molar-refractivity contribution in [2.75, 3.05) is 25.6 Å². The van der Waals surface area contributed by atoms with Gasteiger partial charge in [-0.1, -0.05) is 0 Å². The summed E-state index contributed by atoms with van der Waals surface area (Å²) in [5.41, 5.74) is -0.0762. The molecular weight excluding hydrogens is 243 g/mol. The minimum absolute atomic E-state index is 0.0987. The number of anilines is 1. The van der Waals surface area contributed by atoms with E-state index in [1.807, 2.05) is 0 Å². The minimum atomic E-state index is -0.674. The number of esters is 1. The number of carbonyl (C=O) groups excluding carboxylic acids is 1. The number of halogens is 1. The van der Waals surface area contributed by atoms with Crippen molar-refractivity contribution in [2.24, 2.45) is 0 Å². The number of benzene rings is 1. The van der Waals surface area contributed by atoms with Crippen LogP contribution in [-0.2, 0) is 9.53 Å².